The molecule has 0 aliphatic rings. The molecule has 0 spiro atoms. The number of carbonyl (C=O) groups is 2. The number of quaternary nitrogens is 1. The van der Waals surface area contributed by atoms with Crippen molar-refractivity contribution in [2.75, 3.05) is 40.9 Å². The molecule has 0 heterocycles. The van der Waals surface area contributed by atoms with Crippen LogP contribution in [0.3, 0.4) is 0 Å². The second-order valence-electron chi connectivity index (χ2n) is 20.4. The summed E-state index contributed by atoms with van der Waals surface area (Å²) in [6.07, 6.45) is 68.1. The van der Waals surface area contributed by atoms with E-state index in [0.717, 1.165) is 83.5 Å². The van der Waals surface area contributed by atoms with Gasteiger partial charge in [0, 0.05) is 12.8 Å². The predicted molar refractivity (Wildman–Crippen MR) is 307 cm³/mol. The predicted octanol–water partition coefficient (Wildman–Crippen LogP) is 17.0. The smallest absolute Gasteiger partial charge is 0.306 e. The van der Waals surface area contributed by atoms with Crippen LogP contribution in [0, 0.1) is 0 Å². The van der Waals surface area contributed by atoms with E-state index in [1.165, 1.54) is 103 Å². The lowest BCUT2D eigenvalue weighted by Crippen LogP contribution is -2.47. The molecule has 9 nitrogen and oxygen atoms in total. The summed E-state index contributed by atoms with van der Waals surface area (Å²) in [4.78, 5) is 39.8. The molecule has 0 saturated carbocycles. The van der Waals surface area contributed by atoms with Crippen molar-refractivity contribution in [1.82, 2.24) is 5.32 Å². The zero-order valence-corrected chi connectivity index (χ0v) is 48.0. The van der Waals surface area contributed by atoms with Crippen LogP contribution in [0.1, 0.15) is 233 Å². The van der Waals surface area contributed by atoms with Crippen LogP contribution in [0.4, 0.5) is 0 Å². The molecule has 0 aromatic carbocycles. The van der Waals surface area contributed by atoms with Crippen molar-refractivity contribution in [1.29, 1.82) is 0 Å². The lowest BCUT2D eigenvalue weighted by molar-refractivity contribution is -0.870. The molecule has 72 heavy (non-hydrogen) atoms. The minimum absolute atomic E-state index is 0.0411. The van der Waals surface area contributed by atoms with Crippen LogP contribution < -0.4 is 10.2 Å². The second-order valence-corrected chi connectivity index (χ2v) is 21.8. The zero-order chi connectivity index (χ0) is 52.9. The van der Waals surface area contributed by atoms with Crippen LogP contribution in [-0.2, 0) is 27.9 Å². The van der Waals surface area contributed by atoms with Crippen LogP contribution in [0.5, 0.6) is 0 Å². The lowest BCUT2D eigenvalue weighted by Gasteiger charge is -2.30. The summed E-state index contributed by atoms with van der Waals surface area (Å²) in [5.41, 5.74) is 0. The first-order valence-corrected chi connectivity index (χ1v) is 30.5. The Balaban J connectivity index is 5.49. The molecule has 3 unspecified atom stereocenters. The van der Waals surface area contributed by atoms with Crippen molar-refractivity contribution >= 4 is 19.7 Å². The molecule has 0 bridgehead atoms. The van der Waals surface area contributed by atoms with E-state index in [0.29, 0.717) is 23.9 Å². The molecule has 0 aromatic rings. The van der Waals surface area contributed by atoms with Gasteiger partial charge in [-0.2, -0.15) is 0 Å². The number of likely N-dealkylation sites (N-methyl/N-ethyl adjacent to an activating group) is 1. The quantitative estimate of drug-likeness (QED) is 0.0212. The van der Waals surface area contributed by atoms with Gasteiger partial charge in [0.15, 0.2) is 0 Å². The van der Waals surface area contributed by atoms with Gasteiger partial charge < -0.3 is 28.5 Å². The monoisotopic (exact) mass is 1020 g/mol. The van der Waals surface area contributed by atoms with Gasteiger partial charge in [-0.05, 0) is 96.0 Å². The lowest BCUT2D eigenvalue weighted by atomic mass is 10.0. The van der Waals surface area contributed by atoms with Gasteiger partial charge in [-0.1, -0.05) is 221 Å². The van der Waals surface area contributed by atoms with E-state index in [2.05, 4.69) is 99.0 Å². The molecule has 0 aromatic heterocycles. The van der Waals surface area contributed by atoms with E-state index in [1.54, 1.807) is 6.08 Å². The van der Waals surface area contributed by atoms with Crippen molar-refractivity contribution in [3.63, 3.8) is 0 Å². The number of hydrogen-bond donors (Lipinski definition) is 1. The molecule has 0 aliphatic carbocycles. The summed E-state index contributed by atoms with van der Waals surface area (Å²) in [5.74, 6) is -0.651. The summed E-state index contributed by atoms with van der Waals surface area (Å²) in [7, 11) is 1.12. The van der Waals surface area contributed by atoms with Crippen LogP contribution >= 0.6 is 7.82 Å². The number of ether oxygens (including phenoxy) is 1. The Bertz CT molecular complexity index is 1560. The number of amides is 1. The minimum atomic E-state index is -4.72. The molecule has 0 fully saturated rings. The van der Waals surface area contributed by atoms with E-state index >= 15 is 0 Å². The molecular weight excluding hydrogens is 916 g/mol. The third kappa shape index (κ3) is 51.8. The Hall–Kier alpha value is -3.07. The van der Waals surface area contributed by atoms with E-state index in [-0.39, 0.29) is 31.3 Å². The number of hydrogen-bond acceptors (Lipinski definition) is 7. The maximum atomic E-state index is 13.5. The second kappa shape index (κ2) is 51.4. The van der Waals surface area contributed by atoms with E-state index in [4.69, 9.17) is 13.8 Å². The standard InChI is InChI=1S/C62H109N2O7P/c1-7-10-13-16-19-22-25-28-30-32-34-37-40-43-46-49-52-55-62(66)71-60(53-50-47-44-41-38-35-27-24-21-18-15-12-9-3)59(58-70-72(67,68)69-57-56-64(4,5)6)63-61(65)54-51-48-45-42-39-36-33-31-29-26-23-20-17-14-11-8-2/h11,14,19-20,22-23,28-31,36,39,45,48,50,53,59-60H,7-10,12-13,15-18,21,24-27,32-35,37-38,40-44,46-47,49,51-52,54-58H2,1-6H3,(H-,63,65,67,68)/b14-11+,22-19-,23-20+,30-28-,31-29+,39-36+,48-45+,53-50+. The van der Waals surface area contributed by atoms with Gasteiger partial charge in [0.2, 0.25) is 5.91 Å². The molecule has 414 valence electrons. The number of rotatable bonds is 51. The third-order valence-electron chi connectivity index (χ3n) is 12.3. The average Bonchev–Trinajstić information content (AvgIpc) is 3.34. The van der Waals surface area contributed by atoms with E-state index in [1.807, 2.05) is 39.4 Å². The molecule has 1 N–H and O–H groups in total. The van der Waals surface area contributed by atoms with Crippen LogP contribution in [0.15, 0.2) is 97.2 Å². The van der Waals surface area contributed by atoms with Crippen molar-refractivity contribution in [3.05, 3.63) is 97.2 Å². The zero-order valence-electron chi connectivity index (χ0n) is 47.1. The Kier molecular flexibility index (Phi) is 49.2. The fourth-order valence-corrected chi connectivity index (χ4v) is 8.50. The van der Waals surface area contributed by atoms with Crippen LogP contribution in [0.25, 0.3) is 0 Å². The maximum Gasteiger partial charge on any atom is 0.306 e. The first-order valence-electron chi connectivity index (χ1n) is 29.0. The summed E-state index contributed by atoms with van der Waals surface area (Å²) in [5, 5.41) is 2.97. The Labute approximate surface area is 443 Å². The first-order chi connectivity index (χ1) is 34.9. The van der Waals surface area contributed by atoms with E-state index in [9.17, 15) is 19.0 Å². The van der Waals surface area contributed by atoms with Gasteiger partial charge in [0.1, 0.15) is 19.3 Å². The summed E-state index contributed by atoms with van der Waals surface area (Å²) in [6.45, 7) is 6.63. The molecule has 0 aliphatic heterocycles. The van der Waals surface area contributed by atoms with Crippen molar-refractivity contribution in [2.45, 2.75) is 245 Å². The fourth-order valence-electron chi connectivity index (χ4n) is 7.77. The SMILES string of the molecule is CC/C=C/C/C=C/C/C=C/C/C=C/C/C=C/CCC(=O)NC(COP(=O)([O-])OCC[N+](C)(C)C)C(/C=C/CCCCCCCCCCCCC)OC(=O)CCCCCCCCC/C=C\C/C=C\CCCCC. The number of carbonyl (C=O) groups excluding carboxylic acids is 2. The highest BCUT2D eigenvalue weighted by Gasteiger charge is 2.27. The Morgan fingerprint density at radius 3 is 1.39 bits per heavy atom. The van der Waals surface area contributed by atoms with Gasteiger partial charge >= 0.3 is 5.97 Å². The number of allylic oxidation sites excluding steroid dienone is 15. The third-order valence-corrected chi connectivity index (χ3v) is 13.2. The summed E-state index contributed by atoms with van der Waals surface area (Å²) < 4.78 is 30.2. The minimum Gasteiger partial charge on any atom is -0.756 e. The molecular formula is C62H109N2O7P. The Morgan fingerprint density at radius 2 is 0.903 bits per heavy atom. The fraction of sp³-hybridized carbons (Fsp3) is 0.710. The van der Waals surface area contributed by atoms with Gasteiger partial charge in [-0.25, -0.2) is 0 Å². The maximum absolute atomic E-state index is 13.5. The highest BCUT2D eigenvalue weighted by atomic mass is 31.2. The number of phosphoric acid groups is 1. The molecule has 0 rings (SSSR count). The number of nitrogens with one attached hydrogen (secondary N) is 1. The van der Waals surface area contributed by atoms with Crippen molar-refractivity contribution in [2.24, 2.45) is 0 Å². The number of phosphoric ester groups is 1. The summed E-state index contributed by atoms with van der Waals surface area (Å²) >= 11 is 0. The molecule has 10 heteroatoms. The molecule has 0 saturated heterocycles. The van der Waals surface area contributed by atoms with E-state index < -0.39 is 26.6 Å². The van der Waals surface area contributed by atoms with Crippen LogP contribution in [0.2, 0.25) is 0 Å². The van der Waals surface area contributed by atoms with Crippen LogP contribution in [-0.4, -0.2) is 69.4 Å². The number of unbranched alkanes of at least 4 members (excludes halogenated alkanes) is 21. The van der Waals surface area contributed by atoms with Gasteiger partial charge in [0.25, 0.3) is 7.82 Å². The number of nitrogens with zero attached hydrogens (tertiary/aromatic N) is 1. The largest absolute Gasteiger partial charge is 0.756 e. The number of esters is 1. The van der Waals surface area contributed by atoms with Crippen molar-refractivity contribution < 1.29 is 37.3 Å². The topological polar surface area (TPSA) is 114 Å². The summed E-state index contributed by atoms with van der Waals surface area (Å²) in [6, 6.07) is -0.936. The molecule has 0 radical (unpaired) electrons. The van der Waals surface area contributed by atoms with Gasteiger partial charge in [0.05, 0.1) is 33.8 Å². The molecule has 1 amide bonds. The first kappa shape index (κ1) is 68.9. The molecule has 3 atom stereocenters. The van der Waals surface area contributed by atoms with Gasteiger partial charge in [-0.3, -0.25) is 14.2 Å². The van der Waals surface area contributed by atoms with Crippen molar-refractivity contribution in [3.8, 4) is 0 Å². The highest BCUT2D eigenvalue weighted by molar-refractivity contribution is 7.45. The average molecular weight is 1030 g/mol. The van der Waals surface area contributed by atoms with Gasteiger partial charge in [-0.15, -0.1) is 0 Å². The Morgan fingerprint density at radius 1 is 0.500 bits per heavy atom. The normalized spacial score (nSPS) is 14.5. The highest BCUT2D eigenvalue weighted by Crippen LogP contribution is 2.38.